The van der Waals surface area contributed by atoms with Crippen LogP contribution in [-0.2, 0) is 9.53 Å². The number of aliphatic hydroxyl groups is 1. The van der Waals surface area contributed by atoms with Crippen LogP contribution in [0, 0.1) is 5.92 Å². The SMILES string of the molecule is COC(=O)[C@@H]1[C@@H](c2cccc(O)c2)NC(=S)N[C@@]1(O)C(F)(F)F. The lowest BCUT2D eigenvalue weighted by Gasteiger charge is -2.45. The van der Waals surface area contributed by atoms with Crippen molar-refractivity contribution in [3.8, 4) is 5.75 Å². The van der Waals surface area contributed by atoms with Gasteiger partial charge >= 0.3 is 12.1 Å². The molecule has 3 atom stereocenters. The van der Waals surface area contributed by atoms with Gasteiger partial charge in [-0.15, -0.1) is 0 Å². The van der Waals surface area contributed by atoms with Crippen molar-refractivity contribution in [1.29, 1.82) is 0 Å². The Bertz CT molecular complexity index is 640. The van der Waals surface area contributed by atoms with Gasteiger partial charge in [-0.1, -0.05) is 12.1 Å². The third-order valence-corrected chi connectivity index (χ3v) is 3.71. The van der Waals surface area contributed by atoms with E-state index >= 15 is 0 Å². The number of halogens is 3. The van der Waals surface area contributed by atoms with Crippen LogP contribution in [0.5, 0.6) is 5.75 Å². The van der Waals surface area contributed by atoms with Crippen molar-refractivity contribution in [2.24, 2.45) is 5.92 Å². The van der Waals surface area contributed by atoms with Gasteiger partial charge in [0.05, 0.1) is 13.2 Å². The lowest BCUT2D eigenvalue weighted by atomic mass is 9.82. The van der Waals surface area contributed by atoms with Crippen LogP contribution in [0.2, 0.25) is 0 Å². The fourth-order valence-corrected chi connectivity index (χ4v) is 2.71. The van der Waals surface area contributed by atoms with Crippen molar-refractivity contribution in [3.63, 3.8) is 0 Å². The number of rotatable bonds is 2. The summed E-state index contributed by atoms with van der Waals surface area (Å²) >= 11 is 4.71. The van der Waals surface area contributed by atoms with Crippen LogP contribution in [0.1, 0.15) is 11.6 Å². The fourth-order valence-electron chi connectivity index (χ4n) is 2.43. The number of carbonyl (C=O) groups excluding carboxylic acids is 1. The molecule has 1 fully saturated rings. The van der Waals surface area contributed by atoms with Gasteiger partial charge in [-0.3, -0.25) is 4.79 Å². The molecule has 0 bridgehead atoms. The highest BCUT2D eigenvalue weighted by atomic mass is 32.1. The minimum atomic E-state index is -5.20. The van der Waals surface area contributed by atoms with Gasteiger partial charge in [-0.2, -0.15) is 13.2 Å². The van der Waals surface area contributed by atoms with E-state index in [1.165, 1.54) is 24.3 Å². The molecule has 1 saturated heterocycles. The molecule has 1 aliphatic rings. The number of aromatic hydroxyl groups is 1. The van der Waals surface area contributed by atoms with E-state index in [0.717, 1.165) is 7.11 Å². The number of ether oxygens (including phenoxy) is 1. The third-order valence-electron chi connectivity index (χ3n) is 3.49. The molecule has 0 saturated carbocycles. The van der Waals surface area contributed by atoms with E-state index in [9.17, 15) is 28.2 Å². The molecule has 126 valence electrons. The Morgan fingerprint density at radius 3 is 2.61 bits per heavy atom. The first-order valence-corrected chi connectivity index (χ1v) is 6.75. The first-order chi connectivity index (χ1) is 10.6. The summed E-state index contributed by atoms with van der Waals surface area (Å²) in [5.41, 5.74) is -3.48. The van der Waals surface area contributed by atoms with Gasteiger partial charge in [0.25, 0.3) is 5.72 Å². The first kappa shape index (κ1) is 17.3. The zero-order valence-electron chi connectivity index (χ0n) is 11.7. The maximum atomic E-state index is 13.4. The van der Waals surface area contributed by atoms with Gasteiger partial charge in [0.15, 0.2) is 5.11 Å². The van der Waals surface area contributed by atoms with Crippen LogP contribution in [0.3, 0.4) is 0 Å². The number of alkyl halides is 3. The Hall–Kier alpha value is -2.07. The number of nitrogens with one attached hydrogen (secondary N) is 2. The largest absolute Gasteiger partial charge is 0.508 e. The minimum Gasteiger partial charge on any atom is -0.508 e. The van der Waals surface area contributed by atoms with Crippen LogP contribution in [0.4, 0.5) is 13.2 Å². The second kappa shape index (κ2) is 5.85. The number of carbonyl (C=O) groups is 1. The third kappa shape index (κ3) is 3.04. The van der Waals surface area contributed by atoms with E-state index < -0.39 is 34.9 Å². The van der Waals surface area contributed by atoms with Crippen LogP contribution in [0.15, 0.2) is 24.3 Å². The average Bonchev–Trinajstić information content (AvgIpc) is 2.44. The molecule has 0 spiro atoms. The summed E-state index contributed by atoms with van der Waals surface area (Å²) in [7, 11) is 0.908. The molecule has 1 aliphatic heterocycles. The van der Waals surface area contributed by atoms with Crippen LogP contribution >= 0.6 is 12.2 Å². The van der Waals surface area contributed by atoms with Gasteiger partial charge in [-0.05, 0) is 29.9 Å². The molecule has 0 unspecified atom stereocenters. The van der Waals surface area contributed by atoms with E-state index in [1.54, 1.807) is 5.32 Å². The Balaban J connectivity index is 2.59. The molecule has 1 aromatic rings. The summed E-state index contributed by atoms with van der Waals surface area (Å²) in [6.07, 6.45) is -5.20. The van der Waals surface area contributed by atoms with Gasteiger partial charge < -0.3 is 25.6 Å². The molecule has 23 heavy (non-hydrogen) atoms. The number of benzene rings is 1. The topological polar surface area (TPSA) is 90.8 Å². The molecule has 0 radical (unpaired) electrons. The van der Waals surface area contributed by atoms with E-state index in [2.05, 4.69) is 10.1 Å². The summed E-state index contributed by atoms with van der Waals surface area (Å²) in [5.74, 6) is -3.59. The lowest BCUT2D eigenvalue weighted by Crippen LogP contribution is -2.72. The van der Waals surface area contributed by atoms with E-state index in [-0.39, 0.29) is 11.3 Å². The van der Waals surface area contributed by atoms with Crippen molar-refractivity contribution < 1.29 is 32.9 Å². The standard InChI is InChI=1S/C13H13F3N2O4S/c1-22-10(20)8-9(6-3-2-4-7(19)5-6)17-11(23)18-12(8,21)13(14,15)16/h2-5,8-9,19,21H,1H3,(H2,17,18,23)/t8-,9+,12-/m0/s1. The molecule has 2 rings (SSSR count). The summed E-state index contributed by atoms with van der Waals surface area (Å²) in [5, 5.41) is 23.3. The molecule has 10 heteroatoms. The summed E-state index contributed by atoms with van der Waals surface area (Å²) in [6, 6.07) is 3.90. The number of esters is 1. The molecule has 6 nitrogen and oxygen atoms in total. The van der Waals surface area contributed by atoms with Crippen molar-refractivity contribution in [2.45, 2.75) is 17.9 Å². The second-order valence-corrected chi connectivity index (χ2v) is 5.34. The van der Waals surface area contributed by atoms with Crippen molar-refractivity contribution in [2.75, 3.05) is 7.11 Å². The van der Waals surface area contributed by atoms with Gasteiger partial charge in [-0.25, -0.2) is 0 Å². The zero-order chi connectivity index (χ0) is 17.4. The molecule has 0 aliphatic carbocycles. The van der Waals surface area contributed by atoms with Crippen LogP contribution in [-0.4, -0.2) is 40.3 Å². The Labute approximate surface area is 134 Å². The number of thiocarbonyl (C=S) groups is 1. The van der Waals surface area contributed by atoms with E-state index in [4.69, 9.17) is 12.2 Å². The van der Waals surface area contributed by atoms with Crippen molar-refractivity contribution in [1.82, 2.24) is 10.6 Å². The average molecular weight is 350 g/mol. The number of phenolic OH excluding ortho intramolecular Hbond substituents is 1. The van der Waals surface area contributed by atoms with Gasteiger partial charge in [0.2, 0.25) is 0 Å². The minimum absolute atomic E-state index is 0.131. The Morgan fingerprint density at radius 2 is 2.09 bits per heavy atom. The van der Waals surface area contributed by atoms with Crippen LogP contribution < -0.4 is 10.6 Å². The quantitative estimate of drug-likeness (QED) is 0.466. The molecular formula is C13H13F3N2O4S. The van der Waals surface area contributed by atoms with Crippen LogP contribution in [0.25, 0.3) is 0 Å². The summed E-state index contributed by atoms with van der Waals surface area (Å²) in [6.45, 7) is 0. The second-order valence-electron chi connectivity index (χ2n) is 4.94. The molecule has 0 aromatic heterocycles. The predicted molar refractivity (Wildman–Crippen MR) is 76.2 cm³/mol. The highest BCUT2D eigenvalue weighted by Crippen LogP contribution is 2.43. The first-order valence-electron chi connectivity index (χ1n) is 6.34. The monoisotopic (exact) mass is 350 g/mol. The fraction of sp³-hybridized carbons (Fsp3) is 0.385. The number of phenols is 1. The number of hydrogen-bond acceptors (Lipinski definition) is 5. The highest BCUT2D eigenvalue weighted by molar-refractivity contribution is 7.80. The number of methoxy groups -OCH3 is 1. The van der Waals surface area contributed by atoms with Crippen molar-refractivity contribution in [3.05, 3.63) is 29.8 Å². The molecule has 1 aromatic carbocycles. The summed E-state index contributed by atoms with van der Waals surface area (Å²) < 4.78 is 44.5. The molecular weight excluding hydrogens is 337 g/mol. The molecule has 0 amide bonds. The number of hydrogen-bond donors (Lipinski definition) is 4. The highest BCUT2D eigenvalue weighted by Gasteiger charge is 2.66. The molecule has 1 heterocycles. The Morgan fingerprint density at radius 1 is 1.43 bits per heavy atom. The lowest BCUT2D eigenvalue weighted by molar-refractivity contribution is -0.292. The normalized spacial score (nSPS) is 27.8. The zero-order valence-corrected chi connectivity index (χ0v) is 12.5. The van der Waals surface area contributed by atoms with Gasteiger partial charge in [0.1, 0.15) is 11.7 Å². The van der Waals surface area contributed by atoms with E-state index in [0.29, 0.717) is 0 Å². The molecule has 4 N–H and O–H groups in total. The van der Waals surface area contributed by atoms with Crippen molar-refractivity contribution >= 4 is 23.3 Å². The van der Waals surface area contributed by atoms with E-state index in [1.807, 2.05) is 0 Å². The summed E-state index contributed by atoms with van der Waals surface area (Å²) in [4.78, 5) is 11.9. The smallest absolute Gasteiger partial charge is 0.437 e. The Kier molecular flexibility index (Phi) is 4.40. The maximum absolute atomic E-state index is 13.4. The van der Waals surface area contributed by atoms with Gasteiger partial charge in [0, 0.05) is 0 Å². The maximum Gasteiger partial charge on any atom is 0.437 e. The predicted octanol–water partition coefficient (Wildman–Crippen LogP) is 0.951.